The average Bonchev–Trinajstić information content (AvgIpc) is 2.62. The zero-order valence-electron chi connectivity index (χ0n) is 13.9. The van der Waals surface area contributed by atoms with Crippen LogP contribution in [0.25, 0.3) is 0 Å². The van der Waals surface area contributed by atoms with Gasteiger partial charge >= 0.3 is 0 Å². The van der Waals surface area contributed by atoms with Gasteiger partial charge in [0.2, 0.25) is 5.91 Å². The summed E-state index contributed by atoms with van der Waals surface area (Å²) in [5, 5.41) is 0. The summed E-state index contributed by atoms with van der Waals surface area (Å²) in [4.78, 5) is 26.9. The third-order valence-electron chi connectivity index (χ3n) is 4.28. The van der Waals surface area contributed by atoms with Crippen molar-refractivity contribution in [2.24, 2.45) is 5.73 Å². The molecule has 2 saturated heterocycles. The molecule has 1 amide bonds. The van der Waals surface area contributed by atoms with Crippen LogP contribution >= 0.6 is 12.4 Å². The van der Waals surface area contributed by atoms with E-state index in [-0.39, 0.29) is 18.3 Å². The van der Waals surface area contributed by atoms with Gasteiger partial charge in [-0.3, -0.25) is 4.79 Å². The number of aromatic nitrogens is 2. The zero-order valence-corrected chi connectivity index (χ0v) is 14.7. The Morgan fingerprint density at radius 3 is 2.17 bits per heavy atom. The monoisotopic (exact) mass is 356 g/mol. The van der Waals surface area contributed by atoms with Gasteiger partial charge in [0.15, 0.2) is 0 Å². The number of hydrogen-bond donors (Lipinski definition) is 1. The molecule has 2 fully saturated rings. The van der Waals surface area contributed by atoms with Gasteiger partial charge in [0.25, 0.3) is 0 Å². The number of ether oxygens (including phenoxy) is 1. The number of amides is 1. The highest BCUT2D eigenvalue weighted by Gasteiger charge is 2.24. The topological polar surface area (TPSA) is 87.8 Å². The van der Waals surface area contributed by atoms with Crippen LogP contribution in [-0.2, 0) is 9.53 Å². The normalized spacial score (nSPS) is 19.7. The molecular weight excluding hydrogens is 332 g/mol. The summed E-state index contributed by atoms with van der Waals surface area (Å²) >= 11 is 0. The summed E-state index contributed by atoms with van der Waals surface area (Å²) in [6.07, 6.45) is 1.61. The van der Waals surface area contributed by atoms with E-state index in [2.05, 4.69) is 19.8 Å². The summed E-state index contributed by atoms with van der Waals surface area (Å²) in [7, 11) is 0. The highest BCUT2D eigenvalue weighted by atomic mass is 35.5. The molecule has 2 aliphatic heterocycles. The Labute approximate surface area is 148 Å². The number of piperazine rings is 1. The van der Waals surface area contributed by atoms with E-state index >= 15 is 0 Å². The molecule has 9 heteroatoms. The minimum Gasteiger partial charge on any atom is -0.378 e. The molecule has 24 heavy (non-hydrogen) atoms. The van der Waals surface area contributed by atoms with Crippen molar-refractivity contribution in [1.82, 2.24) is 14.9 Å². The Kier molecular flexibility index (Phi) is 6.59. The quantitative estimate of drug-likeness (QED) is 0.797. The van der Waals surface area contributed by atoms with Crippen molar-refractivity contribution >= 4 is 29.9 Å². The predicted octanol–water partition coefficient (Wildman–Crippen LogP) is -0.269. The van der Waals surface area contributed by atoms with Gasteiger partial charge in [-0.05, 0) is 6.92 Å². The molecule has 0 bridgehead atoms. The third kappa shape index (κ3) is 4.25. The Morgan fingerprint density at radius 2 is 1.62 bits per heavy atom. The van der Waals surface area contributed by atoms with Crippen LogP contribution in [0.4, 0.5) is 11.6 Å². The molecule has 1 aromatic heterocycles. The molecule has 1 aromatic rings. The van der Waals surface area contributed by atoms with E-state index in [1.807, 2.05) is 11.0 Å². The molecule has 0 saturated carbocycles. The first kappa shape index (κ1) is 18.7. The van der Waals surface area contributed by atoms with E-state index in [4.69, 9.17) is 10.5 Å². The smallest absolute Gasteiger partial charge is 0.239 e. The zero-order chi connectivity index (χ0) is 16.2. The molecule has 134 valence electrons. The molecule has 2 aliphatic rings. The van der Waals surface area contributed by atoms with Crippen molar-refractivity contribution in [1.29, 1.82) is 0 Å². The number of halogens is 1. The summed E-state index contributed by atoms with van der Waals surface area (Å²) in [5.74, 6) is 1.86. The van der Waals surface area contributed by atoms with Crippen LogP contribution in [0.3, 0.4) is 0 Å². The first-order valence-corrected chi connectivity index (χ1v) is 8.09. The third-order valence-corrected chi connectivity index (χ3v) is 4.28. The summed E-state index contributed by atoms with van der Waals surface area (Å²) < 4.78 is 5.38. The molecular formula is C15H25ClN6O2. The second-order valence-corrected chi connectivity index (χ2v) is 5.93. The maximum absolute atomic E-state index is 11.9. The number of carbonyl (C=O) groups is 1. The summed E-state index contributed by atoms with van der Waals surface area (Å²) in [6, 6.07) is 1.59. The molecule has 2 N–H and O–H groups in total. The van der Waals surface area contributed by atoms with E-state index < -0.39 is 6.04 Å². The summed E-state index contributed by atoms with van der Waals surface area (Å²) in [6.45, 7) is 7.79. The van der Waals surface area contributed by atoms with Gasteiger partial charge in [-0.25, -0.2) is 9.97 Å². The van der Waals surface area contributed by atoms with Gasteiger partial charge in [-0.1, -0.05) is 0 Å². The maximum Gasteiger partial charge on any atom is 0.239 e. The molecule has 0 aromatic carbocycles. The summed E-state index contributed by atoms with van der Waals surface area (Å²) in [5.41, 5.74) is 5.67. The van der Waals surface area contributed by atoms with Gasteiger partial charge in [-0.15, -0.1) is 12.4 Å². The average molecular weight is 357 g/mol. The fourth-order valence-corrected chi connectivity index (χ4v) is 2.92. The second-order valence-electron chi connectivity index (χ2n) is 5.93. The Balaban J connectivity index is 0.00000208. The molecule has 0 spiro atoms. The molecule has 1 atom stereocenters. The highest BCUT2D eigenvalue weighted by Crippen LogP contribution is 2.19. The van der Waals surface area contributed by atoms with Crippen molar-refractivity contribution in [3.05, 3.63) is 12.4 Å². The molecule has 0 radical (unpaired) electrons. The lowest BCUT2D eigenvalue weighted by atomic mass is 10.2. The Hall–Kier alpha value is -1.64. The van der Waals surface area contributed by atoms with Crippen molar-refractivity contribution in [2.75, 3.05) is 62.3 Å². The lowest BCUT2D eigenvalue weighted by Crippen LogP contribution is -2.52. The van der Waals surface area contributed by atoms with Crippen molar-refractivity contribution in [3.63, 3.8) is 0 Å². The fraction of sp³-hybridized carbons (Fsp3) is 0.667. The predicted molar refractivity (Wildman–Crippen MR) is 94.8 cm³/mol. The number of carbonyl (C=O) groups excluding carboxylic acids is 1. The van der Waals surface area contributed by atoms with Crippen LogP contribution < -0.4 is 15.5 Å². The number of nitrogens with zero attached hydrogens (tertiary/aromatic N) is 5. The first-order valence-electron chi connectivity index (χ1n) is 8.09. The molecule has 1 unspecified atom stereocenters. The van der Waals surface area contributed by atoms with Gasteiger partial charge < -0.3 is 25.2 Å². The molecule has 3 heterocycles. The molecule has 3 rings (SSSR count). The standard InChI is InChI=1S/C15H24N6O2.ClH/c1-12(16)15(22)21-4-2-19(3-5-21)13-10-14(18-11-17-13)20-6-8-23-9-7-20;/h10-12H,2-9,16H2,1H3;1H. The lowest BCUT2D eigenvalue weighted by molar-refractivity contribution is -0.132. The SMILES string of the molecule is CC(N)C(=O)N1CCN(c2cc(N3CCOCC3)ncn2)CC1.Cl. The van der Waals surface area contributed by atoms with E-state index in [1.54, 1.807) is 13.3 Å². The van der Waals surface area contributed by atoms with Crippen molar-refractivity contribution < 1.29 is 9.53 Å². The number of hydrogen-bond acceptors (Lipinski definition) is 7. The van der Waals surface area contributed by atoms with Crippen molar-refractivity contribution in [3.8, 4) is 0 Å². The van der Waals surface area contributed by atoms with E-state index in [0.717, 1.165) is 51.0 Å². The van der Waals surface area contributed by atoms with E-state index in [9.17, 15) is 4.79 Å². The van der Waals surface area contributed by atoms with Gasteiger partial charge in [0.1, 0.15) is 18.0 Å². The lowest BCUT2D eigenvalue weighted by Gasteiger charge is -2.36. The largest absolute Gasteiger partial charge is 0.378 e. The van der Waals surface area contributed by atoms with Gasteiger partial charge in [0, 0.05) is 45.3 Å². The highest BCUT2D eigenvalue weighted by molar-refractivity contribution is 5.85. The van der Waals surface area contributed by atoms with Gasteiger partial charge in [0.05, 0.1) is 19.3 Å². The fourth-order valence-electron chi connectivity index (χ4n) is 2.92. The van der Waals surface area contributed by atoms with E-state index in [1.165, 1.54) is 0 Å². The van der Waals surface area contributed by atoms with Crippen LogP contribution in [0.2, 0.25) is 0 Å². The van der Waals surface area contributed by atoms with E-state index in [0.29, 0.717) is 13.1 Å². The Bertz CT molecular complexity index is 545. The van der Waals surface area contributed by atoms with Gasteiger partial charge in [-0.2, -0.15) is 0 Å². The van der Waals surface area contributed by atoms with Crippen molar-refractivity contribution in [2.45, 2.75) is 13.0 Å². The van der Waals surface area contributed by atoms with Crippen LogP contribution in [0, 0.1) is 0 Å². The van der Waals surface area contributed by atoms with Crippen LogP contribution in [-0.4, -0.2) is 79.3 Å². The molecule has 8 nitrogen and oxygen atoms in total. The minimum atomic E-state index is -0.437. The second kappa shape index (κ2) is 8.46. The number of morpholine rings is 1. The van der Waals surface area contributed by atoms with Crippen LogP contribution in [0.1, 0.15) is 6.92 Å². The van der Waals surface area contributed by atoms with Crippen LogP contribution in [0.15, 0.2) is 12.4 Å². The number of anilines is 2. The number of nitrogens with two attached hydrogens (primary N) is 1. The number of rotatable bonds is 3. The first-order chi connectivity index (χ1) is 11.1. The maximum atomic E-state index is 11.9. The van der Waals surface area contributed by atoms with Crippen LogP contribution in [0.5, 0.6) is 0 Å². The molecule has 0 aliphatic carbocycles. The minimum absolute atomic E-state index is 0. The Morgan fingerprint density at radius 1 is 1.08 bits per heavy atom.